The molecule has 0 saturated heterocycles. The van der Waals surface area contributed by atoms with Gasteiger partial charge in [-0.15, -0.1) is 0 Å². The molecule has 0 spiro atoms. The van der Waals surface area contributed by atoms with Gasteiger partial charge in [-0.2, -0.15) is 0 Å². The summed E-state index contributed by atoms with van der Waals surface area (Å²) in [6.07, 6.45) is 1.12. The van der Waals surface area contributed by atoms with Gasteiger partial charge in [0.05, 0.1) is 13.2 Å². The summed E-state index contributed by atoms with van der Waals surface area (Å²) in [6.45, 7) is 2.09. The van der Waals surface area contributed by atoms with Crippen LogP contribution in [-0.4, -0.2) is 29.2 Å². The van der Waals surface area contributed by atoms with Crippen LogP contribution in [-0.2, 0) is 14.8 Å². The van der Waals surface area contributed by atoms with Crippen LogP contribution in [0.4, 0.5) is 0 Å². The monoisotopic (exact) mass is 361 g/mol. The average Bonchev–Trinajstić information content (AvgIpc) is 2.62. The Balaban J connectivity index is 2.05. The van der Waals surface area contributed by atoms with Crippen molar-refractivity contribution in [2.45, 2.75) is 13.0 Å². The second-order valence-electron chi connectivity index (χ2n) is 5.57. The van der Waals surface area contributed by atoms with E-state index in [1.54, 1.807) is 13.2 Å². The molecule has 6 heteroatoms. The molecule has 2 aromatic carbocycles. The number of hydrogen-bond donors (Lipinski definition) is 1. The smallest absolute Gasteiger partial charge is 0.233 e. The number of ether oxygens (including phenoxy) is 2. The molecule has 0 bridgehead atoms. The Morgan fingerprint density at radius 3 is 2.40 bits per heavy atom. The third-order valence-electron chi connectivity index (χ3n) is 3.76. The number of methoxy groups -OCH3 is 2. The molecule has 0 aliphatic rings. The molecule has 0 heterocycles. The van der Waals surface area contributed by atoms with Gasteiger partial charge in [-0.25, -0.2) is 13.1 Å². The molecule has 0 aromatic heterocycles. The fourth-order valence-corrected chi connectivity index (χ4v) is 3.15. The molecule has 0 saturated carbocycles. The van der Waals surface area contributed by atoms with Gasteiger partial charge in [0.1, 0.15) is 5.75 Å². The highest BCUT2D eigenvalue weighted by atomic mass is 32.2. The molecule has 0 aliphatic heterocycles. The zero-order valence-electron chi connectivity index (χ0n) is 14.6. The Labute approximate surface area is 149 Å². The van der Waals surface area contributed by atoms with E-state index < -0.39 is 16.1 Å². The number of nitrogens with one attached hydrogen (secondary N) is 1. The Kier molecular flexibility index (Phi) is 6.75. The van der Waals surface area contributed by atoms with Gasteiger partial charge in [0.2, 0.25) is 10.0 Å². The fourth-order valence-electron chi connectivity index (χ4n) is 2.34. The van der Waals surface area contributed by atoms with Crippen LogP contribution in [0.3, 0.4) is 0 Å². The minimum Gasteiger partial charge on any atom is -0.496 e. The molecule has 1 atom stereocenters. The molecule has 5 nitrogen and oxygen atoms in total. The summed E-state index contributed by atoms with van der Waals surface area (Å²) in [5.41, 5.74) is 2.74. The number of para-hydroxylation sites is 1. The van der Waals surface area contributed by atoms with Crippen LogP contribution in [0.2, 0.25) is 0 Å². The van der Waals surface area contributed by atoms with Crippen LogP contribution in [0.25, 0.3) is 6.08 Å². The molecule has 0 radical (unpaired) electrons. The van der Waals surface area contributed by atoms with E-state index in [9.17, 15) is 8.42 Å². The zero-order chi connectivity index (χ0) is 18.3. The summed E-state index contributed by atoms with van der Waals surface area (Å²) < 4.78 is 37.7. The summed E-state index contributed by atoms with van der Waals surface area (Å²) >= 11 is 0. The van der Waals surface area contributed by atoms with Gasteiger partial charge in [0.25, 0.3) is 0 Å². The van der Waals surface area contributed by atoms with E-state index in [4.69, 9.17) is 9.47 Å². The lowest BCUT2D eigenvalue weighted by Crippen LogP contribution is -2.27. The topological polar surface area (TPSA) is 64.6 Å². The van der Waals surface area contributed by atoms with Crippen molar-refractivity contribution in [3.63, 3.8) is 0 Å². The maximum Gasteiger partial charge on any atom is 0.233 e. The quantitative estimate of drug-likeness (QED) is 0.784. The lowest BCUT2D eigenvalue weighted by molar-refractivity contribution is 0.105. The van der Waals surface area contributed by atoms with Crippen molar-refractivity contribution >= 4 is 16.1 Å². The van der Waals surface area contributed by atoms with E-state index in [1.165, 1.54) is 7.11 Å². The predicted octanol–water partition coefficient (Wildman–Crippen LogP) is 3.28. The minimum atomic E-state index is -3.57. The lowest BCUT2D eigenvalue weighted by Gasteiger charge is -2.18. The lowest BCUT2D eigenvalue weighted by atomic mass is 10.1. The predicted molar refractivity (Wildman–Crippen MR) is 99.9 cm³/mol. The fraction of sp³-hybridized carbons (Fsp3) is 0.263. The van der Waals surface area contributed by atoms with Crippen LogP contribution in [0.5, 0.6) is 5.75 Å². The van der Waals surface area contributed by atoms with Crippen LogP contribution >= 0.6 is 0 Å². The van der Waals surface area contributed by atoms with Gasteiger partial charge >= 0.3 is 0 Å². The van der Waals surface area contributed by atoms with Gasteiger partial charge < -0.3 is 9.47 Å². The maximum atomic E-state index is 12.2. The Morgan fingerprint density at radius 1 is 1.08 bits per heavy atom. The summed E-state index contributed by atoms with van der Waals surface area (Å²) in [5.74, 6) is 0.656. The highest BCUT2D eigenvalue weighted by Gasteiger charge is 2.17. The Hall–Kier alpha value is -2.15. The Morgan fingerprint density at radius 2 is 1.76 bits per heavy atom. The molecule has 0 amide bonds. The highest BCUT2D eigenvalue weighted by molar-refractivity contribution is 7.92. The van der Waals surface area contributed by atoms with Crippen molar-refractivity contribution in [1.82, 2.24) is 4.72 Å². The first-order valence-electron chi connectivity index (χ1n) is 7.85. The summed E-state index contributed by atoms with van der Waals surface area (Å²) in [7, 11) is -0.469. The van der Waals surface area contributed by atoms with E-state index >= 15 is 0 Å². The van der Waals surface area contributed by atoms with Crippen LogP contribution in [0, 0.1) is 6.92 Å². The standard InChI is InChI=1S/C19H23NO4S/c1-15-8-10-16(11-9-15)12-13-25(21,22)20-14-19(24-3)17-6-4-5-7-18(17)23-2/h4-13,19-20H,14H2,1-3H3/b13-12+. The molecule has 25 heavy (non-hydrogen) atoms. The van der Waals surface area contributed by atoms with Crippen molar-refractivity contribution < 1.29 is 17.9 Å². The summed E-state index contributed by atoms with van der Waals surface area (Å²) in [6, 6.07) is 15.0. The number of aryl methyl sites for hydroxylation is 1. The van der Waals surface area contributed by atoms with Crippen molar-refractivity contribution in [1.29, 1.82) is 0 Å². The molecular formula is C19H23NO4S. The van der Waals surface area contributed by atoms with Crippen molar-refractivity contribution in [2.75, 3.05) is 20.8 Å². The second-order valence-corrected chi connectivity index (χ2v) is 7.22. The minimum absolute atomic E-state index is 0.109. The Bertz CT molecular complexity index is 814. The highest BCUT2D eigenvalue weighted by Crippen LogP contribution is 2.26. The first-order chi connectivity index (χ1) is 11.9. The zero-order valence-corrected chi connectivity index (χ0v) is 15.4. The molecule has 1 N–H and O–H groups in total. The van der Waals surface area contributed by atoms with Gasteiger partial charge in [0, 0.05) is 24.6 Å². The van der Waals surface area contributed by atoms with Gasteiger partial charge in [0.15, 0.2) is 0 Å². The van der Waals surface area contributed by atoms with E-state index in [1.807, 2.05) is 55.5 Å². The number of hydrogen-bond acceptors (Lipinski definition) is 4. The van der Waals surface area contributed by atoms with Gasteiger partial charge in [-0.05, 0) is 24.6 Å². The van der Waals surface area contributed by atoms with E-state index in [-0.39, 0.29) is 6.54 Å². The van der Waals surface area contributed by atoms with E-state index in [0.717, 1.165) is 22.1 Å². The van der Waals surface area contributed by atoms with E-state index in [2.05, 4.69) is 4.72 Å². The number of benzene rings is 2. The first kappa shape index (κ1) is 19.2. The van der Waals surface area contributed by atoms with Crippen molar-refractivity contribution in [3.8, 4) is 5.75 Å². The van der Waals surface area contributed by atoms with E-state index in [0.29, 0.717) is 5.75 Å². The third-order valence-corrected chi connectivity index (χ3v) is 4.82. The molecular weight excluding hydrogens is 338 g/mol. The largest absolute Gasteiger partial charge is 0.496 e. The van der Waals surface area contributed by atoms with Crippen LogP contribution in [0.15, 0.2) is 53.9 Å². The maximum absolute atomic E-state index is 12.2. The SMILES string of the molecule is COc1ccccc1C(CNS(=O)(=O)/C=C/c1ccc(C)cc1)OC. The van der Waals surface area contributed by atoms with Crippen LogP contribution in [0.1, 0.15) is 22.8 Å². The molecule has 0 aliphatic carbocycles. The number of rotatable bonds is 8. The average molecular weight is 361 g/mol. The summed E-state index contributed by atoms with van der Waals surface area (Å²) in [5, 5.41) is 1.16. The molecule has 2 rings (SSSR count). The number of sulfonamides is 1. The van der Waals surface area contributed by atoms with Gasteiger partial charge in [-0.1, -0.05) is 48.0 Å². The molecule has 1 unspecified atom stereocenters. The normalized spacial score (nSPS) is 13.1. The molecule has 2 aromatic rings. The van der Waals surface area contributed by atoms with Crippen LogP contribution < -0.4 is 9.46 Å². The first-order valence-corrected chi connectivity index (χ1v) is 9.40. The van der Waals surface area contributed by atoms with Gasteiger partial charge in [-0.3, -0.25) is 0 Å². The second kappa shape index (κ2) is 8.80. The summed E-state index contributed by atoms with van der Waals surface area (Å²) in [4.78, 5) is 0. The van der Waals surface area contributed by atoms with Crippen molar-refractivity contribution in [3.05, 3.63) is 70.6 Å². The van der Waals surface area contributed by atoms with Crippen molar-refractivity contribution in [2.24, 2.45) is 0 Å². The third kappa shape index (κ3) is 5.70. The molecule has 134 valence electrons. The molecule has 0 fully saturated rings.